The summed E-state index contributed by atoms with van der Waals surface area (Å²) in [6.45, 7) is 4.70. The second-order valence-corrected chi connectivity index (χ2v) is 9.47. The molecule has 2 aromatic rings. The first-order valence-electron chi connectivity index (χ1n) is 11.1. The quantitative estimate of drug-likeness (QED) is 0.566. The standard InChI is InChI=1S/C25H31FN2O5S/c1-15(2)10-11-27-23(29)19-14-34-25(16-6-8-18(26)9-7-16)28(19)24(30)17-12-20(31-3)22(33-5)21(13-17)32-4/h6-9,12-13,15,19,25H,10-11,14H2,1-5H3,(H,27,29). The third kappa shape index (κ3) is 5.58. The number of hydrogen-bond acceptors (Lipinski definition) is 6. The summed E-state index contributed by atoms with van der Waals surface area (Å²) < 4.78 is 29.7. The van der Waals surface area contributed by atoms with Gasteiger partial charge in [-0.25, -0.2) is 4.39 Å². The van der Waals surface area contributed by atoms with Crippen molar-refractivity contribution in [2.24, 2.45) is 5.92 Å². The van der Waals surface area contributed by atoms with Crippen molar-refractivity contribution in [2.75, 3.05) is 33.6 Å². The van der Waals surface area contributed by atoms with Crippen LogP contribution in [0.25, 0.3) is 0 Å². The van der Waals surface area contributed by atoms with Crippen LogP contribution in [0.2, 0.25) is 0 Å². The molecule has 0 bridgehead atoms. The average molecular weight is 491 g/mol. The molecule has 9 heteroatoms. The van der Waals surface area contributed by atoms with E-state index >= 15 is 0 Å². The summed E-state index contributed by atoms with van der Waals surface area (Å²) in [5.41, 5.74) is 1.04. The number of nitrogens with zero attached hydrogens (tertiary/aromatic N) is 1. The predicted octanol–water partition coefficient (Wildman–Crippen LogP) is 4.27. The predicted molar refractivity (Wildman–Crippen MR) is 130 cm³/mol. The van der Waals surface area contributed by atoms with Crippen LogP contribution in [-0.4, -0.2) is 56.4 Å². The number of thioether (sulfide) groups is 1. The number of methoxy groups -OCH3 is 3. The van der Waals surface area contributed by atoms with Crippen LogP contribution in [0.15, 0.2) is 36.4 Å². The highest BCUT2D eigenvalue weighted by Crippen LogP contribution is 2.44. The van der Waals surface area contributed by atoms with Crippen molar-refractivity contribution in [1.82, 2.24) is 10.2 Å². The molecule has 3 rings (SSSR count). The Balaban J connectivity index is 1.99. The highest BCUT2D eigenvalue weighted by molar-refractivity contribution is 7.99. The van der Waals surface area contributed by atoms with Gasteiger partial charge < -0.3 is 24.4 Å². The normalized spacial score (nSPS) is 17.6. The minimum Gasteiger partial charge on any atom is -0.493 e. The number of rotatable bonds is 9. The van der Waals surface area contributed by atoms with Gasteiger partial charge in [-0.15, -0.1) is 11.8 Å². The summed E-state index contributed by atoms with van der Waals surface area (Å²) in [6.07, 6.45) is 0.841. The van der Waals surface area contributed by atoms with E-state index in [1.807, 2.05) is 0 Å². The number of amides is 2. The van der Waals surface area contributed by atoms with Crippen LogP contribution in [0.1, 0.15) is 41.6 Å². The molecule has 1 N–H and O–H groups in total. The lowest BCUT2D eigenvalue weighted by Crippen LogP contribution is -2.48. The van der Waals surface area contributed by atoms with Gasteiger partial charge in [0.2, 0.25) is 11.7 Å². The van der Waals surface area contributed by atoms with Crippen LogP contribution in [0, 0.1) is 11.7 Å². The third-order valence-corrected chi connectivity index (χ3v) is 6.95. The summed E-state index contributed by atoms with van der Waals surface area (Å²) in [5, 5.41) is 2.51. The Kier molecular flexibility index (Phi) is 8.66. The summed E-state index contributed by atoms with van der Waals surface area (Å²) in [5.74, 6) is 0.990. The number of halogens is 1. The Morgan fingerprint density at radius 3 is 2.24 bits per heavy atom. The van der Waals surface area contributed by atoms with Gasteiger partial charge in [-0.2, -0.15) is 0 Å². The molecule has 2 atom stereocenters. The maximum atomic E-state index is 13.8. The Labute approximate surface area is 203 Å². The lowest BCUT2D eigenvalue weighted by molar-refractivity contribution is -0.124. The number of hydrogen-bond donors (Lipinski definition) is 1. The maximum absolute atomic E-state index is 13.8. The van der Waals surface area contributed by atoms with E-state index in [0.717, 1.165) is 12.0 Å². The molecule has 34 heavy (non-hydrogen) atoms. The van der Waals surface area contributed by atoms with Crippen molar-refractivity contribution in [3.63, 3.8) is 0 Å². The Bertz CT molecular complexity index is 990. The Hall–Kier alpha value is -2.94. The molecule has 0 saturated carbocycles. The first-order valence-corrected chi connectivity index (χ1v) is 12.1. The molecule has 184 valence electrons. The molecule has 0 aromatic heterocycles. The van der Waals surface area contributed by atoms with E-state index < -0.39 is 11.4 Å². The van der Waals surface area contributed by atoms with Crippen molar-refractivity contribution < 1.29 is 28.2 Å². The van der Waals surface area contributed by atoms with Crippen LogP contribution < -0.4 is 19.5 Å². The zero-order chi connectivity index (χ0) is 24.8. The highest BCUT2D eigenvalue weighted by atomic mass is 32.2. The van der Waals surface area contributed by atoms with Crippen LogP contribution in [0.5, 0.6) is 17.2 Å². The average Bonchev–Trinajstić information content (AvgIpc) is 3.27. The fourth-order valence-electron chi connectivity index (χ4n) is 3.80. The van der Waals surface area contributed by atoms with E-state index in [1.54, 1.807) is 29.2 Å². The van der Waals surface area contributed by atoms with Gasteiger partial charge in [0.15, 0.2) is 11.5 Å². The number of carbonyl (C=O) groups excluding carboxylic acids is 2. The monoisotopic (exact) mass is 490 g/mol. The molecular weight excluding hydrogens is 459 g/mol. The van der Waals surface area contributed by atoms with Gasteiger partial charge in [0, 0.05) is 17.9 Å². The van der Waals surface area contributed by atoms with Crippen molar-refractivity contribution in [3.05, 3.63) is 53.3 Å². The molecule has 1 heterocycles. The van der Waals surface area contributed by atoms with Crippen molar-refractivity contribution in [2.45, 2.75) is 31.7 Å². The fourth-order valence-corrected chi connectivity index (χ4v) is 5.23. The molecule has 0 aliphatic carbocycles. The molecule has 2 aromatic carbocycles. The van der Waals surface area contributed by atoms with Gasteiger partial charge >= 0.3 is 0 Å². The van der Waals surface area contributed by atoms with Gasteiger partial charge in [0.05, 0.1) is 21.3 Å². The molecule has 2 unspecified atom stereocenters. The van der Waals surface area contributed by atoms with Gasteiger partial charge in [0.25, 0.3) is 5.91 Å². The van der Waals surface area contributed by atoms with Crippen LogP contribution in [0.3, 0.4) is 0 Å². The second kappa shape index (κ2) is 11.5. The fraction of sp³-hybridized carbons (Fsp3) is 0.440. The smallest absolute Gasteiger partial charge is 0.256 e. The lowest BCUT2D eigenvalue weighted by atomic mass is 10.1. The SMILES string of the molecule is COc1cc(C(=O)N2C(C(=O)NCCC(C)C)CSC2c2ccc(F)cc2)cc(OC)c1OC. The van der Waals surface area contributed by atoms with Crippen molar-refractivity contribution >= 4 is 23.6 Å². The zero-order valence-electron chi connectivity index (χ0n) is 20.1. The van der Waals surface area contributed by atoms with E-state index in [4.69, 9.17) is 14.2 Å². The number of nitrogens with one attached hydrogen (secondary N) is 1. The lowest BCUT2D eigenvalue weighted by Gasteiger charge is -2.29. The largest absolute Gasteiger partial charge is 0.493 e. The van der Waals surface area contributed by atoms with E-state index in [2.05, 4.69) is 19.2 Å². The van der Waals surface area contributed by atoms with Gasteiger partial charge in [-0.05, 0) is 42.2 Å². The van der Waals surface area contributed by atoms with Crippen molar-refractivity contribution in [3.8, 4) is 17.2 Å². The van der Waals surface area contributed by atoms with Crippen LogP contribution >= 0.6 is 11.8 Å². The van der Waals surface area contributed by atoms with E-state index in [0.29, 0.717) is 41.0 Å². The second-order valence-electron chi connectivity index (χ2n) is 8.35. The molecule has 1 fully saturated rings. The number of carbonyl (C=O) groups is 2. The first kappa shape index (κ1) is 25.7. The highest BCUT2D eigenvalue weighted by Gasteiger charge is 2.43. The molecule has 0 radical (unpaired) electrons. The molecule has 0 spiro atoms. The summed E-state index contributed by atoms with van der Waals surface area (Å²) in [4.78, 5) is 28.5. The minimum absolute atomic E-state index is 0.210. The summed E-state index contributed by atoms with van der Waals surface area (Å²) in [6, 6.07) is 8.45. The molecular formula is C25H31FN2O5S. The van der Waals surface area contributed by atoms with Crippen LogP contribution in [-0.2, 0) is 4.79 Å². The third-order valence-electron chi connectivity index (χ3n) is 5.63. The number of ether oxygens (including phenoxy) is 3. The Morgan fingerprint density at radius 2 is 1.71 bits per heavy atom. The van der Waals surface area contributed by atoms with E-state index in [9.17, 15) is 14.0 Å². The van der Waals surface area contributed by atoms with E-state index in [1.165, 1.54) is 45.2 Å². The zero-order valence-corrected chi connectivity index (χ0v) is 20.9. The molecule has 2 amide bonds. The Morgan fingerprint density at radius 1 is 1.09 bits per heavy atom. The van der Waals surface area contributed by atoms with Crippen molar-refractivity contribution in [1.29, 1.82) is 0 Å². The van der Waals surface area contributed by atoms with Crippen LogP contribution in [0.4, 0.5) is 4.39 Å². The molecule has 1 saturated heterocycles. The first-order chi connectivity index (χ1) is 16.3. The van der Waals surface area contributed by atoms with Gasteiger partial charge in [-0.1, -0.05) is 26.0 Å². The summed E-state index contributed by atoms with van der Waals surface area (Å²) in [7, 11) is 4.44. The molecule has 1 aliphatic rings. The summed E-state index contributed by atoms with van der Waals surface area (Å²) >= 11 is 1.47. The topological polar surface area (TPSA) is 77.1 Å². The minimum atomic E-state index is -0.682. The van der Waals surface area contributed by atoms with Gasteiger partial charge in [-0.3, -0.25) is 9.59 Å². The molecule has 1 aliphatic heterocycles. The molecule has 7 nitrogen and oxygen atoms in total. The van der Waals surface area contributed by atoms with Gasteiger partial charge in [0.1, 0.15) is 17.2 Å². The maximum Gasteiger partial charge on any atom is 0.256 e. The number of benzene rings is 2. The van der Waals surface area contributed by atoms with E-state index in [-0.39, 0.29) is 17.6 Å².